The monoisotopic (exact) mass is 233 g/mol. The van der Waals surface area contributed by atoms with Gasteiger partial charge in [0.25, 0.3) is 0 Å². The maximum Gasteiger partial charge on any atom is 0.325 e. The van der Waals surface area contributed by atoms with Gasteiger partial charge in [0.2, 0.25) is 0 Å². The zero-order chi connectivity index (χ0) is 12.7. The van der Waals surface area contributed by atoms with Gasteiger partial charge in [-0.1, -0.05) is 18.1 Å². The molecule has 0 spiro atoms. The van der Waals surface area contributed by atoms with E-state index in [0.29, 0.717) is 17.9 Å². The lowest BCUT2D eigenvalue weighted by Gasteiger charge is -2.14. The Bertz CT molecular complexity index is 423. The summed E-state index contributed by atoms with van der Waals surface area (Å²) in [5, 5.41) is 11.9. The van der Waals surface area contributed by atoms with Crippen LogP contribution in [0.2, 0.25) is 0 Å². The van der Waals surface area contributed by atoms with Gasteiger partial charge in [0.05, 0.1) is 13.2 Å². The molecule has 2 N–H and O–H groups in total. The van der Waals surface area contributed by atoms with Gasteiger partial charge in [0, 0.05) is 0 Å². The highest BCUT2D eigenvalue weighted by Crippen LogP contribution is 2.19. The normalized spacial score (nSPS) is 11.5. The molecule has 0 amide bonds. The van der Waals surface area contributed by atoms with E-state index in [1.54, 1.807) is 24.3 Å². The minimum absolute atomic E-state index is 0.204. The van der Waals surface area contributed by atoms with Crippen LogP contribution in [0.25, 0.3) is 0 Å². The molecule has 1 unspecified atom stereocenters. The third-order valence-electron chi connectivity index (χ3n) is 2.16. The first-order valence-corrected chi connectivity index (χ1v) is 5.31. The Kier molecular flexibility index (Phi) is 5.05. The average molecular weight is 233 g/mol. The predicted molar refractivity (Wildman–Crippen MR) is 64.8 cm³/mol. The summed E-state index contributed by atoms with van der Waals surface area (Å²) in [4.78, 5) is 11.1. The first-order valence-electron chi connectivity index (χ1n) is 5.31. The second-order valence-corrected chi connectivity index (χ2v) is 3.36. The molecule has 90 valence electrons. The van der Waals surface area contributed by atoms with E-state index < -0.39 is 12.0 Å². The SMILES string of the molecule is C#CCNC(C(=O)O)c1cccc(OCC)c1. The quantitative estimate of drug-likeness (QED) is 0.730. The molecule has 0 aliphatic carbocycles. The maximum atomic E-state index is 11.1. The van der Waals surface area contributed by atoms with Gasteiger partial charge in [-0.2, -0.15) is 0 Å². The van der Waals surface area contributed by atoms with Crippen molar-refractivity contribution in [3.63, 3.8) is 0 Å². The van der Waals surface area contributed by atoms with Crippen LogP contribution >= 0.6 is 0 Å². The van der Waals surface area contributed by atoms with Gasteiger partial charge >= 0.3 is 5.97 Å². The number of rotatable bonds is 6. The van der Waals surface area contributed by atoms with Crippen LogP contribution in [0.4, 0.5) is 0 Å². The van der Waals surface area contributed by atoms with Gasteiger partial charge in [0.15, 0.2) is 0 Å². The molecule has 0 fully saturated rings. The molecule has 0 saturated heterocycles. The smallest absolute Gasteiger partial charge is 0.325 e. The highest BCUT2D eigenvalue weighted by molar-refractivity contribution is 5.75. The standard InChI is InChI=1S/C13H15NO3/c1-3-8-14-12(13(15)16)10-6-5-7-11(9-10)17-4-2/h1,5-7,9,12,14H,4,8H2,2H3,(H,15,16). The van der Waals surface area contributed by atoms with Crippen molar-refractivity contribution in [3.05, 3.63) is 29.8 Å². The summed E-state index contributed by atoms with van der Waals surface area (Å²) in [6, 6.07) is 6.16. The van der Waals surface area contributed by atoms with E-state index in [-0.39, 0.29) is 6.54 Å². The van der Waals surface area contributed by atoms with Crippen LogP contribution in [0.1, 0.15) is 18.5 Å². The Morgan fingerprint density at radius 3 is 3.00 bits per heavy atom. The number of hydrogen-bond donors (Lipinski definition) is 2. The molecule has 0 saturated carbocycles. The number of ether oxygens (including phenoxy) is 1. The van der Waals surface area contributed by atoms with Crippen molar-refractivity contribution in [2.45, 2.75) is 13.0 Å². The Labute approximate surface area is 101 Å². The van der Waals surface area contributed by atoms with E-state index in [0.717, 1.165) is 0 Å². The number of carbonyl (C=O) groups is 1. The molecule has 0 aliphatic rings. The number of hydrogen-bond acceptors (Lipinski definition) is 3. The fraction of sp³-hybridized carbons (Fsp3) is 0.308. The Hall–Kier alpha value is -1.99. The molecule has 1 aromatic rings. The van der Waals surface area contributed by atoms with Gasteiger partial charge in [-0.25, -0.2) is 0 Å². The molecule has 0 heterocycles. The predicted octanol–water partition coefficient (Wildman–Crippen LogP) is 1.43. The summed E-state index contributed by atoms with van der Waals surface area (Å²) < 4.78 is 5.32. The Morgan fingerprint density at radius 1 is 1.65 bits per heavy atom. The summed E-state index contributed by atoms with van der Waals surface area (Å²) in [7, 11) is 0. The van der Waals surface area contributed by atoms with E-state index in [1.165, 1.54) is 0 Å². The molecule has 0 radical (unpaired) electrons. The van der Waals surface area contributed by atoms with Gasteiger partial charge in [-0.3, -0.25) is 10.1 Å². The lowest BCUT2D eigenvalue weighted by atomic mass is 10.1. The minimum Gasteiger partial charge on any atom is -0.494 e. The topological polar surface area (TPSA) is 58.6 Å². The van der Waals surface area contributed by atoms with Gasteiger partial charge < -0.3 is 9.84 Å². The van der Waals surface area contributed by atoms with Crippen molar-refractivity contribution in [3.8, 4) is 18.1 Å². The summed E-state index contributed by atoms with van der Waals surface area (Å²) in [6.07, 6.45) is 5.10. The van der Waals surface area contributed by atoms with Gasteiger partial charge in [-0.15, -0.1) is 6.42 Å². The molecule has 4 nitrogen and oxygen atoms in total. The summed E-state index contributed by atoms with van der Waals surface area (Å²) in [6.45, 7) is 2.62. The summed E-state index contributed by atoms with van der Waals surface area (Å²) in [5.41, 5.74) is 0.624. The van der Waals surface area contributed by atoms with Crippen molar-refractivity contribution < 1.29 is 14.6 Å². The van der Waals surface area contributed by atoms with E-state index in [4.69, 9.17) is 16.3 Å². The lowest BCUT2D eigenvalue weighted by Crippen LogP contribution is -2.28. The second kappa shape index (κ2) is 6.56. The number of nitrogens with one attached hydrogen (secondary N) is 1. The number of benzene rings is 1. The lowest BCUT2D eigenvalue weighted by molar-refractivity contribution is -0.139. The molecule has 1 aromatic carbocycles. The van der Waals surface area contributed by atoms with Crippen LogP contribution in [0, 0.1) is 12.3 Å². The molecule has 1 rings (SSSR count). The van der Waals surface area contributed by atoms with E-state index in [9.17, 15) is 4.79 Å². The van der Waals surface area contributed by atoms with Crippen LogP contribution in [-0.2, 0) is 4.79 Å². The average Bonchev–Trinajstić information content (AvgIpc) is 2.30. The minimum atomic E-state index is -0.964. The third kappa shape index (κ3) is 3.82. The fourth-order valence-electron chi connectivity index (χ4n) is 1.46. The fourth-order valence-corrected chi connectivity index (χ4v) is 1.46. The van der Waals surface area contributed by atoms with Crippen molar-refractivity contribution in [1.29, 1.82) is 0 Å². The molecular formula is C13H15NO3. The molecule has 17 heavy (non-hydrogen) atoms. The highest BCUT2D eigenvalue weighted by Gasteiger charge is 2.18. The van der Waals surface area contributed by atoms with E-state index in [1.807, 2.05) is 6.92 Å². The number of carboxylic acid groups (broad SMARTS) is 1. The summed E-state index contributed by atoms with van der Waals surface area (Å²) >= 11 is 0. The van der Waals surface area contributed by atoms with Crippen molar-refractivity contribution >= 4 is 5.97 Å². The largest absolute Gasteiger partial charge is 0.494 e. The molecule has 0 aliphatic heterocycles. The van der Waals surface area contributed by atoms with Crippen LogP contribution in [0.15, 0.2) is 24.3 Å². The first kappa shape index (κ1) is 13.1. The third-order valence-corrected chi connectivity index (χ3v) is 2.16. The maximum absolute atomic E-state index is 11.1. The van der Waals surface area contributed by atoms with Crippen LogP contribution in [0.3, 0.4) is 0 Å². The van der Waals surface area contributed by atoms with Crippen molar-refractivity contribution in [1.82, 2.24) is 5.32 Å². The molecule has 1 atom stereocenters. The molecular weight excluding hydrogens is 218 g/mol. The number of carboxylic acids is 1. The Balaban J connectivity index is 2.90. The molecule has 0 bridgehead atoms. The van der Waals surface area contributed by atoms with Gasteiger partial charge in [0.1, 0.15) is 11.8 Å². The second-order valence-electron chi connectivity index (χ2n) is 3.36. The number of terminal acetylenes is 1. The summed E-state index contributed by atoms with van der Waals surface area (Å²) in [5.74, 6) is 2.04. The van der Waals surface area contributed by atoms with Crippen molar-refractivity contribution in [2.75, 3.05) is 13.2 Å². The van der Waals surface area contributed by atoms with Crippen molar-refractivity contribution in [2.24, 2.45) is 0 Å². The Morgan fingerprint density at radius 2 is 2.41 bits per heavy atom. The zero-order valence-corrected chi connectivity index (χ0v) is 9.64. The highest BCUT2D eigenvalue weighted by atomic mass is 16.5. The molecule has 4 heteroatoms. The number of aliphatic carboxylic acids is 1. The van der Waals surface area contributed by atoms with Crippen LogP contribution in [-0.4, -0.2) is 24.2 Å². The first-order chi connectivity index (χ1) is 8.19. The van der Waals surface area contributed by atoms with Gasteiger partial charge in [-0.05, 0) is 24.6 Å². The van der Waals surface area contributed by atoms with E-state index >= 15 is 0 Å². The van der Waals surface area contributed by atoms with Crippen LogP contribution < -0.4 is 10.1 Å². The zero-order valence-electron chi connectivity index (χ0n) is 9.64. The van der Waals surface area contributed by atoms with Crippen LogP contribution in [0.5, 0.6) is 5.75 Å². The van der Waals surface area contributed by atoms with E-state index in [2.05, 4.69) is 11.2 Å². The molecule has 0 aromatic heterocycles.